The zero-order valence-corrected chi connectivity index (χ0v) is 8.72. The van der Waals surface area contributed by atoms with Gasteiger partial charge in [0, 0.05) is 5.92 Å². The highest BCUT2D eigenvalue weighted by molar-refractivity contribution is 5.73. The normalized spacial score (nSPS) is 34.0. The minimum atomic E-state index is -5.64. The first-order valence-electron chi connectivity index (χ1n) is 5.08. The number of aliphatic carboxylic acids is 1. The van der Waals surface area contributed by atoms with Gasteiger partial charge in [-0.25, -0.2) is 0 Å². The number of allylic oxidation sites excluding steroid dienone is 2. The Morgan fingerprint density at radius 1 is 1.11 bits per heavy atom. The molecular weight excluding hydrogens is 266 g/mol. The van der Waals surface area contributed by atoms with E-state index in [1.165, 1.54) is 0 Å². The van der Waals surface area contributed by atoms with Gasteiger partial charge < -0.3 is 5.11 Å². The van der Waals surface area contributed by atoms with E-state index >= 15 is 0 Å². The number of hydrogen-bond donors (Lipinski definition) is 1. The summed E-state index contributed by atoms with van der Waals surface area (Å²) in [5.41, 5.74) is -4.16. The Kier molecular flexibility index (Phi) is 2.51. The molecule has 0 heterocycles. The molecule has 2 aliphatic rings. The largest absolute Gasteiger partial charge is 0.481 e. The van der Waals surface area contributed by atoms with Crippen molar-refractivity contribution in [2.45, 2.75) is 18.8 Å². The Labute approximate surface area is 97.3 Å². The molecule has 0 aliphatic heterocycles. The molecule has 0 spiro atoms. The SMILES string of the molecule is O=C(O)[C@@H]1[C@H]2C=C[C@H](C2)C1(C(F)(F)F)C(F)(F)F. The average molecular weight is 274 g/mol. The summed E-state index contributed by atoms with van der Waals surface area (Å²) >= 11 is 0. The summed E-state index contributed by atoms with van der Waals surface area (Å²) in [5, 5.41) is 8.76. The molecule has 1 saturated carbocycles. The monoisotopic (exact) mass is 274 g/mol. The second-order valence-corrected chi connectivity index (χ2v) is 4.57. The van der Waals surface area contributed by atoms with Crippen LogP contribution in [0, 0.1) is 23.2 Å². The predicted molar refractivity (Wildman–Crippen MR) is 46.4 cm³/mol. The Balaban J connectivity index is 2.66. The summed E-state index contributed by atoms with van der Waals surface area (Å²) in [7, 11) is 0. The minimum absolute atomic E-state index is 0.421. The summed E-state index contributed by atoms with van der Waals surface area (Å²) in [6.07, 6.45) is -9.72. The molecule has 1 fully saturated rings. The maximum Gasteiger partial charge on any atom is 0.404 e. The van der Waals surface area contributed by atoms with Crippen molar-refractivity contribution in [1.82, 2.24) is 0 Å². The van der Waals surface area contributed by atoms with Crippen molar-refractivity contribution in [1.29, 1.82) is 0 Å². The van der Waals surface area contributed by atoms with Crippen LogP contribution in [0.4, 0.5) is 26.3 Å². The molecule has 2 nitrogen and oxygen atoms in total. The van der Waals surface area contributed by atoms with E-state index in [2.05, 4.69) is 0 Å². The third-order valence-electron chi connectivity index (χ3n) is 3.82. The summed E-state index contributed by atoms with van der Waals surface area (Å²) in [5.74, 6) is -7.60. The topological polar surface area (TPSA) is 37.3 Å². The highest BCUT2D eigenvalue weighted by atomic mass is 19.4. The second kappa shape index (κ2) is 3.42. The fourth-order valence-corrected chi connectivity index (χ4v) is 3.19. The maximum absolute atomic E-state index is 13.0. The van der Waals surface area contributed by atoms with Gasteiger partial charge in [-0.3, -0.25) is 4.79 Å². The number of halogens is 6. The highest BCUT2D eigenvalue weighted by Crippen LogP contribution is 2.69. The van der Waals surface area contributed by atoms with Crippen molar-refractivity contribution < 1.29 is 36.2 Å². The summed E-state index contributed by atoms with van der Waals surface area (Å²) in [4.78, 5) is 10.9. The lowest BCUT2D eigenvalue weighted by atomic mass is 9.67. The van der Waals surface area contributed by atoms with Gasteiger partial charge >= 0.3 is 18.3 Å². The van der Waals surface area contributed by atoms with Crippen LogP contribution in [0.5, 0.6) is 0 Å². The Morgan fingerprint density at radius 3 is 1.94 bits per heavy atom. The van der Waals surface area contributed by atoms with Crippen LogP contribution in [0.15, 0.2) is 12.2 Å². The summed E-state index contributed by atoms with van der Waals surface area (Å²) < 4.78 is 77.8. The smallest absolute Gasteiger partial charge is 0.404 e. The molecule has 3 atom stereocenters. The first-order valence-corrected chi connectivity index (χ1v) is 5.08. The summed E-state index contributed by atoms with van der Waals surface area (Å²) in [6.45, 7) is 0. The minimum Gasteiger partial charge on any atom is -0.481 e. The van der Waals surface area contributed by atoms with Crippen LogP contribution in [0.25, 0.3) is 0 Å². The van der Waals surface area contributed by atoms with Gasteiger partial charge in [-0.15, -0.1) is 0 Å². The van der Waals surface area contributed by atoms with Crippen LogP contribution in [-0.4, -0.2) is 23.4 Å². The number of carbonyl (C=O) groups is 1. The molecule has 2 bridgehead atoms. The van der Waals surface area contributed by atoms with Crippen LogP contribution in [0.2, 0.25) is 0 Å². The molecule has 0 aromatic rings. The van der Waals surface area contributed by atoms with Crippen LogP contribution >= 0.6 is 0 Å². The van der Waals surface area contributed by atoms with E-state index in [-0.39, 0.29) is 0 Å². The highest BCUT2D eigenvalue weighted by Gasteiger charge is 2.82. The molecule has 0 aromatic heterocycles. The molecule has 18 heavy (non-hydrogen) atoms. The van der Waals surface area contributed by atoms with Gasteiger partial charge in [-0.05, 0) is 12.3 Å². The molecule has 0 aromatic carbocycles. The molecule has 0 radical (unpaired) electrons. The van der Waals surface area contributed by atoms with E-state index in [4.69, 9.17) is 5.11 Å². The van der Waals surface area contributed by atoms with Gasteiger partial charge in [0.15, 0.2) is 5.41 Å². The third-order valence-corrected chi connectivity index (χ3v) is 3.82. The first kappa shape index (κ1) is 13.2. The zero-order valence-electron chi connectivity index (χ0n) is 8.72. The quantitative estimate of drug-likeness (QED) is 0.589. The van der Waals surface area contributed by atoms with E-state index in [0.29, 0.717) is 0 Å². The lowest BCUT2D eigenvalue weighted by Crippen LogP contribution is -2.59. The molecule has 102 valence electrons. The number of fused-ring (bicyclic) bond motifs is 2. The van der Waals surface area contributed by atoms with Gasteiger partial charge in [-0.1, -0.05) is 12.2 Å². The number of rotatable bonds is 1. The molecule has 2 aliphatic carbocycles. The van der Waals surface area contributed by atoms with Crippen LogP contribution < -0.4 is 0 Å². The van der Waals surface area contributed by atoms with E-state index in [1.807, 2.05) is 0 Å². The van der Waals surface area contributed by atoms with Crippen molar-refractivity contribution in [3.63, 3.8) is 0 Å². The molecule has 0 unspecified atom stereocenters. The van der Waals surface area contributed by atoms with Gasteiger partial charge in [0.25, 0.3) is 0 Å². The van der Waals surface area contributed by atoms with E-state index in [9.17, 15) is 31.1 Å². The molecular formula is C10H8F6O2. The average Bonchev–Trinajstić information content (AvgIpc) is 2.70. The molecule has 8 heteroatoms. The number of carboxylic acid groups (broad SMARTS) is 1. The van der Waals surface area contributed by atoms with Crippen molar-refractivity contribution in [3.05, 3.63) is 12.2 Å². The Morgan fingerprint density at radius 2 is 1.61 bits per heavy atom. The van der Waals surface area contributed by atoms with Crippen LogP contribution in [-0.2, 0) is 4.79 Å². The fourth-order valence-electron chi connectivity index (χ4n) is 3.19. The molecule has 0 amide bonds. The molecule has 0 saturated heterocycles. The maximum atomic E-state index is 13.0. The standard InChI is InChI=1S/C10H8F6O2/c11-9(12,13)8(10(14,15)16)5-2-1-4(3-5)6(8)7(17)18/h1-2,4-6H,3H2,(H,17,18)/t4-,5+,6-/m0/s1. The fraction of sp³-hybridized carbons (Fsp3) is 0.700. The number of alkyl halides is 6. The van der Waals surface area contributed by atoms with Crippen molar-refractivity contribution in [3.8, 4) is 0 Å². The van der Waals surface area contributed by atoms with E-state index in [0.717, 1.165) is 12.2 Å². The third kappa shape index (κ3) is 1.34. The van der Waals surface area contributed by atoms with Crippen molar-refractivity contribution in [2.24, 2.45) is 23.2 Å². The van der Waals surface area contributed by atoms with E-state index < -0.39 is 47.9 Å². The second-order valence-electron chi connectivity index (χ2n) is 4.57. The molecule has 2 rings (SSSR count). The van der Waals surface area contributed by atoms with Gasteiger partial charge in [-0.2, -0.15) is 26.3 Å². The van der Waals surface area contributed by atoms with Crippen molar-refractivity contribution in [2.75, 3.05) is 0 Å². The molecule has 1 N–H and O–H groups in total. The lowest BCUT2D eigenvalue weighted by molar-refractivity contribution is -0.362. The zero-order chi connectivity index (χ0) is 13.9. The number of carboxylic acids is 1. The van der Waals surface area contributed by atoms with Crippen molar-refractivity contribution >= 4 is 5.97 Å². The lowest BCUT2D eigenvalue weighted by Gasteiger charge is -2.42. The summed E-state index contributed by atoms with van der Waals surface area (Å²) in [6, 6.07) is 0. The van der Waals surface area contributed by atoms with Gasteiger partial charge in [0.05, 0.1) is 5.92 Å². The Hall–Kier alpha value is -1.21. The van der Waals surface area contributed by atoms with Crippen LogP contribution in [0.3, 0.4) is 0 Å². The predicted octanol–water partition coefficient (Wildman–Crippen LogP) is 3.00. The first-order chi connectivity index (χ1) is 8.03. The Bertz CT molecular complexity index is 394. The van der Waals surface area contributed by atoms with Gasteiger partial charge in [0.2, 0.25) is 0 Å². The van der Waals surface area contributed by atoms with Gasteiger partial charge in [0.1, 0.15) is 0 Å². The number of hydrogen-bond acceptors (Lipinski definition) is 1. The van der Waals surface area contributed by atoms with Crippen LogP contribution in [0.1, 0.15) is 6.42 Å². The van der Waals surface area contributed by atoms with E-state index in [1.54, 1.807) is 0 Å².